The van der Waals surface area contributed by atoms with Gasteiger partial charge in [0.05, 0.1) is 17.2 Å². The summed E-state index contributed by atoms with van der Waals surface area (Å²) in [5.41, 5.74) is 0.640. The van der Waals surface area contributed by atoms with Crippen LogP contribution in [-0.4, -0.2) is 24.5 Å². The Morgan fingerprint density at radius 1 is 1.47 bits per heavy atom. The molecule has 0 amide bonds. The maximum Gasteiger partial charge on any atom is 0.345 e. The number of aromatic carboxylic acids is 1. The Kier molecular flexibility index (Phi) is 3.99. The van der Waals surface area contributed by atoms with E-state index in [0.29, 0.717) is 5.69 Å². The molecule has 6 nitrogen and oxygen atoms in total. The SMILES string of the molecule is Cc1nc(CNS(=O)(=O)c2ccc(C(=O)O)s2)cs1. The first kappa shape index (κ1) is 14.1. The number of thiophene rings is 1. The minimum atomic E-state index is -3.69. The maximum atomic E-state index is 11.9. The number of rotatable bonds is 5. The molecule has 0 radical (unpaired) electrons. The number of nitrogens with zero attached hydrogens (tertiary/aromatic N) is 1. The molecular formula is C10H10N2O4S3. The molecule has 2 heterocycles. The third-order valence-corrected chi connectivity index (χ3v) is 5.96. The number of carbonyl (C=O) groups is 1. The lowest BCUT2D eigenvalue weighted by molar-refractivity contribution is 0.0702. The Morgan fingerprint density at radius 3 is 2.74 bits per heavy atom. The van der Waals surface area contributed by atoms with Gasteiger partial charge in [-0.05, 0) is 19.1 Å². The summed E-state index contributed by atoms with van der Waals surface area (Å²) < 4.78 is 26.2. The zero-order chi connectivity index (χ0) is 14.0. The van der Waals surface area contributed by atoms with E-state index in [9.17, 15) is 13.2 Å². The molecule has 0 atom stereocenters. The predicted octanol–water partition coefficient (Wildman–Crippen LogP) is 1.69. The largest absolute Gasteiger partial charge is 0.477 e. The molecule has 2 N–H and O–H groups in total. The molecule has 0 fully saturated rings. The van der Waals surface area contributed by atoms with Crippen LogP contribution in [0, 0.1) is 6.92 Å². The average Bonchev–Trinajstić information content (AvgIpc) is 2.95. The molecule has 0 bridgehead atoms. The van der Waals surface area contributed by atoms with Crippen LogP contribution in [-0.2, 0) is 16.6 Å². The topological polar surface area (TPSA) is 96.4 Å². The van der Waals surface area contributed by atoms with Crippen LogP contribution in [0.1, 0.15) is 20.4 Å². The minimum absolute atomic E-state index is 0.00937. The molecular weight excluding hydrogens is 308 g/mol. The van der Waals surface area contributed by atoms with Crippen molar-refractivity contribution in [1.82, 2.24) is 9.71 Å². The maximum absolute atomic E-state index is 11.9. The van der Waals surface area contributed by atoms with Gasteiger partial charge in [0, 0.05) is 5.38 Å². The van der Waals surface area contributed by atoms with Crippen molar-refractivity contribution >= 4 is 38.7 Å². The molecule has 0 unspecified atom stereocenters. The molecule has 2 rings (SSSR count). The van der Waals surface area contributed by atoms with Crippen LogP contribution in [0.15, 0.2) is 21.7 Å². The van der Waals surface area contributed by atoms with E-state index in [-0.39, 0.29) is 15.6 Å². The number of hydrogen-bond donors (Lipinski definition) is 2. The number of hydrogen-bond acceptors (Lipinski definition) is 6. The van der Waals surface area contributed by atoms with Crippen molar-refractivity contribution in [2.45, 2.75) is 17.7 Å². The lowest BCUT2D eigenvalue weighted by Gasteiger charge is -2.02. The van der Waals surface area contributed by atoms with Gasteiger partial charge in [0.1, 0.15) is 9.09 Å². The van der Waals surface area contributed by atoms with Gasteiger partial charge in [0.15, 0.2) is 0 Å². The summed E-state index contributed by atoms with van der Waals surface area (Å²) in [6.07, 6.45) is 0. The van der Waals surface area contributed by atoms with E-state index in [0.717, 1.165) is 16.3 Å². The van der Waals surface area contributed by atoms with Crippen LogP contribution in [0.5, 0.6) is 0 Å². The second-order valence-corrected chi connectivity index (χ2v) is 7.75. The molecule has 2 aromatic rings. The third kappa shape index (κ3) is 3.38. The Morgan fingerprint density at radius 2 is 2.21 bits per heavy atom. The summed E-state index contributed by atoms with van der Waals surface area (Å²) in [4.78, 5) is 14.8. The van der Waals surface area contributed by atoms with Crippen molar-refractivity contribution in [3.63, 3.8) is 0 Å². The van der Waals surface area contributed by atoms with Crippen LogP contribution >= 0.6 is 22.7 Å². The average molecular weight is 318 g/mol. The van der Waals surface area contributed by atoms with E-state index in [4.69, 9.17) is 5.11 Å². The third-order valence-electron chi connectivity index (χ3n) is 2.17. The number of aromatic nitrogens is 1. The van der Waals surface area contributed by atoms with Crippen molar-refractivity contribution in [2.75, 3.05) is 0 Å². The van der Waals surface area contributed by atoms with Crippen molar-refractivity contribution in [3.05, 3.63) is 33.1 Å². The van der Waals surface area contributed by atoms with Gasteiger partial charge in [-0.25, -0.2) is 22.9 Å². The smallest absolute Gasteiger partial charge is 0.345 e. The number of thiazole rings is 1. The standard InChI is InChI=1S/C10H10N2O4S3/c1-6-12-7(5-17-6)4-11-19(15,16)9-3-2-8(18-9)10(13)14/h2-3,5,11H,4H2,1H3,(H,13,14). The summed E-state index contributed by atoms with van der Waals surface area (Å²) in [6, 6.07) is 2.55. The highest BCUT2D eigenvalue weighted by molar-refractivity contribution is 7.91. The van der Waals surface area contributed by atoms with Crippen molar-refractivity contribution in [2.24, 2.45) is 0 Å². The van der Waals surface area contributed by atoms with Crippen LogP contribution in [0.3, 0.4) is 0 Å². The summed E-state index contributed by atoms with van der Waals surface area (Å²) in [5, 5.41) is 11.4. The minimum Gasteiger partial charge on any atom is -0.477 e. The van der Waals surface area contributed by atoms with Gasteiger partial charge < -0.3 is 5.11 Å². The number of nitrogens with one attached hydrogen (secondary N) is 1. The number of carboxylic acids is 1. The highest BCUT2D eigenvalue weighted by atomic mass is 32.2. The van der Waals surface area contributed by atoms with Gasteiger partial charge >= 0.3 is 5.97 Å². The van der Waals surface area contributed by atoms with Crippen molar-refractivity contribution in [3.8, 4) is 0 Å². The summed E-state index contributed by atoms with van der Waals surface area (Å²) in [6.45, 7) is 1.92. The first-order chi connectivity index (χ1) is 8.88. The molecule has 2 aromatic heterocycles. The first-order valence-corrected chi connectivity index (χ1v) is 8.30. The molecule has 0 spiro atoms. The van der Waals surface area contributed by atoms with Gasteiger partial charge in [-0.2, -0.15) is 0 Å². The molecule has 19 heavy (non-hydrogen) atoms. The quantitative estimate of drug-likeness (QED) is 0.874. The normalized spacial score (nSPS) is 11.6. The molecule has 0 saturated carbocycles. The van der Waals surface area contributed by atoms with Gasteiger partial charge in [-0.3, -0.25) is 0 Å². The Bertz CT molecular complexity index is 702. The molecule has 0 aromatic carbocycles. The Hall–Kier alpha value is -1.29. The molecule has 0 saturated heterocycles. The zero-order valence-corrected chi connectivity index (χ0v) is 12.2. The lowest BCUT2D eigenvalue weighted by atomic mass is 10.5. The van der Waals surface area contributed by atoms with Crippen LogP contribution in [0.4, 0.5) is 0 Å². The van der Waals surface area contributed by atoms with E-state index in [2.05, 4.69) is 9.71 Å². The summed E-state index contributed by atoms with van der Waals surface area (Å²) in [7, 11) is -3.69. The fraction of sp³-hybridized carbons (Fsp3) is 0.200. The summed E-state index contributed by atoms with van der Waals surface area (Å²) in [5.74, 6) is -1.14. The van der Waals surface area contributed by atoms with Gasteiger partial charge in [0.2, 0.25) is 10.0 Å². The Balaban J connectivity index is 2.11. The zero-order valence-electron chi connectivity index (χ0n) is 9.78. The first-order valence-electron chi connectivity index (χ1n) is 5.12. The van der Waals surface area contributed by atoms with E-state index in [1.54, 1.807) is 5.38 Å². The number of sulfonamides is 1. The number of aryl methyl sites for hydroxylation is 1. The van der Waals surface area contributed by atoms with E-state index in [1.807, 2.05) is 6.92 Å². The second-order valence-electron chi connectivity index (χ2n) is 3.61. The molecule has 102 valence electrons. The monoisotopic (exact) mass is 318 g/mol. The van der Waals surface area contributed by atoms with Crippen LogP contribution in [0.25, 0.3) is 0 Å². The summed E-state index contributed by atoms with van der Waals surface area (Å²) >= 11 is 2.16. The lowest BCUT2D eigenvalue weighted by Crippen LogP contribution is -2.22. The molecule has 0 aliphatic rings. The van der Waals surface area contributed by atoms with Gasteiger partial charge in [-0.1, -0.05) is 0 Å². The van der Waals surface area contributed by atoms with E-state index >= 15 is 0 Å². The number of carboxylic acid groups (broad SMARTS) is 1. The van der Waals surface area contributed by atoms with E-state index in [1.165, 1.54) is 23.5 Å². The fourth-order valence-electron chi connectivity index (χ4n) is 1.31. The van der Waals surface area contributed by atoms with E-state index < -0.39 is 16.0 Å². The molecule has 0 aliphatic carbocycles. The highest BCUT2D eigenvalue weighted by Gasteiger charge is 2.19. The van der Waals surface area contributed by atoms with Crippen molar-refractivity contribution in [1.29, 1.82) is 0 Å². The highest BCUT2D eigenvalue weighted by Crippen LogP contribution is 2.21. The Labute approximate surface area is 117 Å². The van der Waals surface area contributed by atoms with Crippen LogP contribution in [0.2, 0.25) is 0 Å². The molecule has 0 aliphatic heterocycles. The molecule has 9 heteroatoms. The fourth-order valence-corrected chi connectivity index (χ4v) is 4.11. The van der Waals surface area contributed by atoms with Gasteiger partial charge in [0.25, 0.3) is 0 Å². The van der Waals surface area contributed by atoms with Crippen molar-refractivity contribution < 1.29 is 18.3 Å². The predicted molar refractivity (Wildman–Crippen MR) is 72.2 cm³/mol. The van der Waals surface area contributed by atoms with Crippen LogP contribution < -0.4 is 4.72 Å². The second kappa shape index (κ2) is 5.37. The van der Waals surface area contributed by atoms with Gasteiger partial charge in [-0.15, -0.1) is 22.7 Å².